The average molecular weight is 268 g/mol. The molecule has 0 fully saturated rings. The van der Waals surface area contributed by atoms with Crippen molar-refractivity contribution in [2.45, 2.75) is 25.8 Å². The molecular weight excluding hydrogens is 252 g/mol. The van der Waals surface area contributed by atoms with Crippen LogP contribution < -0.4 is 16.4 Å². The van der Waals surface area contributed by atoms with Crippen LogP contribution in [0.5, 0.6) is 0 Å². The molecule has 9 nitrogen and oxygen atoms in total. The zero-order valence-corrected chi connectivity index (χ0v) is 10.9. The van der Waals surface area contributed by atoms with Crippen molar-refractivity contribution in [1.82, 2.24) is 9.97 Å². The molecule has 1 aromatic heterocycles. The number of nitrogens with one attached hydrogen (secondary N) is 2. The minimum absolute atomic E-state index is 0.0169. The van der Waals surface area contributed by atoms with Crippen LogP contribution in [0.15, 0.2) is 6.20 Å². The maximum Gasteiger partial charge on any atom is 0.329 e. The molecule has 1 aromatic rings. The van der Waals surface area contributed by atoms with Crippen molar-refractivity contribution in [1.29, 1.82) is 0 Å². The minimum Gasteiger partial charge on any atom is -0.370 e. The monoisotopic (exact) mass is 268 g/mol. The minimum atomic E-state index is -0.754. The van der Waals surface area contributed by atoms with Gasteiger partial charge in [-0.1, -0.05) is 0 Å². The Labute approximate surface area is 109 Å². The van der Waals surface area contributed by atoms with E-state index in [4.69, 9.17) is 5.73 Å². The predicted molar refractivity (Wildman–Crippen MR) is 69.7 cm³/mol. The highest BCUT2D eigenvalue weighted by molar-refractivity contribution is 5.76. The Morgan fingerprint density at radius 3 is 2.68 bits per heavy atom. The van der Waals surface area contributed by atoms with Gasteiger partial charge in [-0.15, -0.1) is 0 Å². The van der Waals surface area contributed by atoms with E-state index < -0.39 is 16.4 Å². The molecule has 1 heterocycles. The first-order chi connectivity index (χ1) is 8.75. The first kappa shape index (κ1) is 14.6. The fourth-order valence-electron chi connectivity index (χ4n) is 1.52. The Balaban J connectivity index is 3.10. The number of nitro groups is 1. The lowest BCUT2D eigenvalue weighted by molar-refractivity contribution is -0.384. The molecule has 0 bridgehead atoms. The molecule has 104 valence electrons. The molecule has 0 spiro atoms. The third kappa shape index (κ3) is 4.05. The van der Waals surface area contributed by atoms with E-state index in [9.17, 15) is 14.9 Å². The van der Waals surface area contributed by atoms with Gasteiger partial charge < -0.3 is 16.4 Å². The number of hydrogen-bond acceptors (Lipinski definition) is 7. The van der Waals surface area contributed by atoms with Crippen LogP contribution in [0.2, 0.25) is 0 Å². The van der Waals surface area contributed by atoms with Gasteiger partial charge >= 0.3 is 5.69 Å². The Morgan fingerprint density at radius 2 is 2.21 bits per heavy atom. The number of nitrogens with zero attached hydrogens (tertiary/aromatic N) is 3. The molecule has 1 rings (SSSR count). The molecule has 0 saturated heterocycles. The number of nitrogens with two attached hydrogens (primary N) is 1. The second-order valence-electron chi connectivity index (χ2n) is 4.59. The van der Waals surface area contributed by atoms with Gasteiger partial charge in [-0.3, -0.25) is 14.9 Å². The highest BCUT2D eigenvalue weighted by Gasteiger charge is 2.26. The van der Waals surface area contributed by atoms with Crippen LogP contribution in [-0.2, 0) is 4.79 Å². The molecule has 19 heavy (non-hydrogen) atoms. The molecular formula is C10H16N6O3. The van der Waals surface area contributed by atoms with E-state index in [2.05, 4.69) is 20.6 Å². The van der Waals surface area contributed by atoms with Crippen LogP contribution >= 0.6 is 0 Å². The first-order valence-electron chi connectivity index (χ1n) is 5.51. The van der Waals surface area contributed by atoms with Gasteiger partial charge in [0, 0.05) is 19.0 Å². The summed E-state index contributed by atoms with van der Waals surface area (Å²) in [6.07, 6.45) is 1.12. The summed E-state index contributed by atoms with van der Waals surface area (Å²) in [6.45, 7) is 3.39. The van der Waals surface area contributed by atoms with E-state index in [1.807, 2.05) is 0 Å². The van der Waals surface area contributed by atoms with Crippen LogP contribution in [-0.4, -0.2) is 33.4 Å². The largest absolute Gasteiger partial charge is 0.370 e. The quantitative estimate of drug-likeness (QED) is 0.504. The molecule has 0 aliphatic rings. The molecule has 0 aliphatic heterocycles. The number of anilines is 2. The van der Waals surface area contributed by atoms with Crippen molar-refractivity contribution in [3.8, 4) is 0 Å². The molecule has 0 unspecified atom stereocenters. The van der Waals surface area contributed by atoms with Crippen LogP contribution in [0.25, 0.3) is 0 Å². The van der Waals surface area contributed by atoms with E-state index >= 15 is 0 Å². The first-order valence-corrected chi connectivity index (χ1v) is 5.51. The molecule has 0 aliphatic carbocycles. The molecule has 4 N–H and O–H groups in total. The topological polar surface area (TPSA) is 136 Å². The Kier molecular flexibility index (Phi) is 4.20. The third-order valence-electron chi connectivity index (χ3n) is 2.26. The summed E-state index contributed by atoms with van der Waals surface area (Å²) in [5.74, 6) is -0.235. The van der Waals surface area contributed by atoms with Crippen molar-refractivity contribution < 1.29 is 9.72 Å². The van der Waals surface area contributed by atoms with Gasteiger partial charge in [-0.05, 0) is 13.8 Å². The summed E-state index contributed by atoms with van der Waals surface area (Å²) >= 11 is 0. The summed E-state index contributed by atoms with van der Waals surface area (Å²) in [5.41, 5.74) is 4.11. The van der Waals surface area contributed by atoms with Crippen molar-refractivity contribution in [2.75, 3.05) is 17.7 Å². The summed E-state index contributed by atoms with van der Waals surface area (Å²) in [7, 11) is 1.60. The van der Waals surface area contributed by atoms with Gasteiger partial charge in [-0.25, -0.2) is 4.98 Å². The maximum atomic E-state index is 11.0. The predicted octanol–water partition coefficient (Wildman–Crippen LogP) is 0.492. The lowest BCUT2D eigenvalue weighted by atomic mass is 10.0. The highest BCUT2D eigenvalue weighted by atomic mass is 16.6. The fraction of sp³-hybridized carbons (Fsp3) is 0.500. The number of amides is 1. The lowest BCUT2D eigenvalue weighted by Gasteiger charge is -2.25. The van der Waals surface area contributed by atoms with Crippen molar-refractivity contribution in [3.05, 3.63) is 16.3 Å². The van der Waals surface area contributed by atoms with Crippen LogP contribution in [0.4, 0.5) is 17.5 Å². The number of carbonyl (C=O) groups is 1. The zero-order chi connectivity index (χ0) is 14.6. The Bertz CT molecular complexity index is 502. The van der Waals surface area contributed by atoms with E-state index in [1.165, 1.54) is 0 Å². The van der Waals surface area contributed by atoms with E-state index in [-0.39, 0.29) is 23.9 Å². The number of carbonyl (C=O) groups excluding carboxylic acids is 1. The van der Waals surface area contributed by atoms with E-state index in [1.54, 1.807) is 20.9 Å². The van der Waals surface area contributed by atoms with Crippen molar-refractivity contribution >= 4 is 23.4 Å². The number of aromatic nitrogens is 2. The van der Waals surface area contributed by atoms with E-state index in [0.717, 1.165) is 6.20 Å². The maximum absolute atomic E-state index is 11.0. The number of hydrogen-bond donors (Lipinski definition) is 3. The van der Waals surface area contributed by atoms with Gasteiger partial charge in [0.1, 0.15) is 6.20 Å². The smallest absolute Gasteiger partial charge is 0.329 e. The Morgan fingerprint density at radius 1 is 1.58 bits per heavy atom. The third-order valence-corrected chi connectivity index (χ3v) is 2.26. The zero-order valence-electron chi connectivity index (χ0n) is 10.9. The lowest BCUT2D eigenvalue weighted by Crippen LogP contribution is -2.36. The summed E-state index contributed by atoms with van der Waals surface area (Å²) in [5, 5.41) is 16.4. The number of primary amides is 1. The van der Waals surface area contributed by atoms with Gasteiger partial charge in [0.25, 0.3) is 0 Å². The van der Waals surface area contributed by atoms with E-state index in [0.29, 0.717) is 0 Å². The highest BCUT2D eigenvalue weighted by Crippen LogP contribution is 2.26. The second kappa shape index (κ2) is 5.46. The average Bonchev–Trinajstić information content (AvgIpc) is 2.25. The molecule has 0 atom stereocenters. The van der Waals surface area contributed by atoms with Crippen molar-refractivity contribution in [3.63, 3.8) is 0 Å². The Hall–Kier alpha value is -2.45. The standard InChI is InChI=1S/C10H16N6O3/c1-10(2,4-7(11)17)15-8-6(16(18)19)5-13-9(12-3)14-8/h5H,4H2,1-3H3,(H2,11,17)(H2,12,13,14,15). The molecule has 1 amide bonds. The fourth-order valence-corrected chi connectivity index (χ4v) is 1.52. The summed E-state index contributed by atoms with van der Waals surface area (Å²) < 4.78 is 0. The van der Waals surface area contributed by atoms with Gasteiger partial charge in [0.2, 0.25) is 17.7 Å². The van der Waals surface area contributed by atoms with Crippen molar-refractivity contribution in [2.24, 2.45) is 5.73 Å². The van der Waals surface area contributed by atoms with Crippen LogP contribution in [0, 0.1) is 10.1 Å². The molecule has 0 aromatic carbocycles. The van der Waals surface area contributed by atoms with Crippen LogP contribution in [0.3, 0.4) is 0 Å². The van der Waals surface area contributed by atoms with Crippen LogP contribution in [0.1, 0.15) is 20.3 Å². The summed E-state index contributed by atoms with van der Waals surface area (Å²) in [4.78, 5) is 29.0. The SMILES string of the molecule is CNc1ncc([N+](=O)[O-])c(NC(C)(C)CC(N)=O)n1. The van der Waals surface area contributed by atoms with Gasteiger partial charge in [0.05, 0.1) is 4.92 Å². The van der Waals surface area contributed by atoms with Gasteiger partial charge in [-0.2, -0.15) is 4.98 Å². The molecule has 0 saturated carbocycles. The van der Waals surface area contributed by atoms with Gasteiger partial charge in [0.15, 0.2) is 0 Å². The molecule has 0 radical (unpaired) electrons. The summed E-state index contributed by atoms with van der Waals surface area (Å²) in [6, 6.07) is 0. The second-order valence-corrected chi connectivity index (χ2v) is 4.59. The number of rotatable bonds is 6. The normalized spacial score (nSPS) is 10.9. The molecule has 9 heteroatoms.